The Balaban J connectivity index is 1.86. The third-order valence-electron chi connectivity index (χ3n) is 5.49. The first-order chi connectivity index (χ1) is 10.9. The number of pyridine rings is 1. The van der Waals surface area contributed by atoms with E-state index in [1.54, 1.807) is 12.4 Å². The Bertz CT molecular complexity index is 600. The summed E-state index contributed by atoms with van der Waals surface area (Å²) in [5.41, 5.74) is 0.651. The van der Waals surface area contributed by atoms with E-state index in [9.17, 15) is 14.7 Å². The molecule has 2 aliphatic rings. The lowest BCUT2D eigenvalue weighted by Crippen LogP contribution is -2.37. The lowest BCUT2D eigenvalue weighted by atomic mass is 10.0. The Morgan fingerprint density at radius 1 is 1.17 bits per heavy atom. The molecule has 3 rings (SSSR count). The van der Waals surface area contributed by atoms with E-state index in [1.807, 2.05) is 30.9 Å². The average Bonchev–Trinajstić information content (AvgIpc) is 3.18. The van der Waals surface area contributed by atoms with Gasteiger partial charge in [-0.3, -0.25) is 14.6 Å². The van der Waals surface area contributed by atoms with Gasteiger partial charge in [-0.15, -0.1) is 0 Å². The Labute approximate surface area is 136 Å². The van der Waals surface area contributed by atoms with Crippen LogP contribution in [-0.4, -0.2) is 33.4 Å². The first kappa shape index (κ1) is 16.0. The minimum Gasteiger partial charge on any atom is -0.481 e. The van der Waals surface area contributed by atoms with Gasteiger partial charge in [-0.25, -0.2) is 0 Å². The molecule has 2 heterocycles. The van der Waals surface area contributed by atoms with E-state index in [1.165, 1.54) is 0 Å². The molecule has 2 fully saturated rings. The van der Waals surface area contributed by atoms with Crippen LogP contribution in [0, 0.1) is 17.3 Å². The summed E-state index contributed by atoms with van der Waals surface area (Å²) < 4.78 is 0. The summed E-state index contributed by atoms with van der Waals surface area (Å²) >= 11 is 0. The van der Waals surface area contributed by atoms with Crippen LogP contribution < -0.4 is 0 Å². The van der Waals surface area contributed by atoms with Crippen molar-refractivity contribution < 1.29 is 14.7 Å². The Morgan fingerprint density at radius 2 is 1.87 bits per heavy atom. The molecule has 1 aromatic rings. The molecule has 1 saturated carbocycles. The number of likely N-dealkylation sites (tertiary alicyclic amines) is 1. The Morgan fingerprint density at radius 3 is 2.48 bits per heavy atom. The highest BCUT2D eigenvalue weighted by molar-refractivity contribution is 5.92. The summed E-state index contributed by atoms with van der Waals surface area (Å²) in [6.45, 7) is 4.48. The fourth-order valence-corrected chi connectivity index (χ4v) is 4.04. The number of carboxylic acids is 1. The van der Waals surface area contributed by atoms with Crippen LogP contribution in [0.5, 0.6) is 0 Å². The molecule has 3 atom stereocenters. The van der Waals surface area contributed by atoms with Crippen molar-refractivity contribution in [1.29, 1.82) is 0 Å². The minimum atomic E-state index is -0.858. The molecule has 0 radical (unpaired) electrons. The molecule has 1 unspecified atom stereocenters. The molecule has 5 nitrogen and oxygen atoms in total. The zero-order valence-electron chi connectivity index (χ0n) is 13.7. The third kappa shape index (κ3) is 2.84. The first-order valence-corrected chi connectivity index (χ1v) is 8.38. The molecular weight excluding hydrogens is 292 g/mol. The average molecular weight is 316 g/mol. The minimum absolute atomic E-state index is 0.00566. The number of amides is 1. The number of aromatic nitrogens is 1. The maximum Gasteiger partial charge on any atom is 0.307 e. The maximum atomic E-state index is 13.1. The van der Waals surface area contributed by atoms with Crippen LogP contribution >= 0.6 is 0 Å². The number of rotatable bonds is 3. The van der Waals surface area contributed by atoms with Crippen LogP contribution in [-0.2, 0) is 9.59 Å². The van der Waals surface area contributed by atoms with E-state index in [2.05, 4.69) is 4.98 Å². The molecule has 0 aromatic carbocycles. The molecule has 1 aromatic heterocycles. The number of hydrogen-bond acceptors (Lipinski definition) is 3. The fraction of sp³-hybridized carbons (Fsp3) is 0.611. The van der Waals surface area contributed by atoms with Crippen molar-refractivity contribution in [2.24, 2.45) is 17.3 Å². The van der Waals surface area contributed by atoms with Gasteiger partial charge >= 0.3 is 5.97 Å². The number of carbonyl (C=O) groups excluding carboxylic acids is 1. The molecular formula is C18H24N2O3. The topological polar surface area (TPSA) is 70.5 Å². The maximum absolute atomic E-state index is 13.1. The van der Waals surface area contributed by atoms with Gasteiger partial charge in [0.2, 0.25) is 5.91 Å². The zero-order chi connectivity index (χ0) is 16.6. The highest BCUT2D eigenvalue weighted by atomic mass is 16.4. The Kier molecular flexibility index (Phi) is 4.13. The number of nitrogens with zero attached hydrogens (tertiary/aromatic N) is 2. The summed E-state index contributed by atoms with van der Waals surface area (Å²) in [6, 6.07) is 3.96. The normalized spacial score (nSPS) is 29.7. The zero-order valence-corrected chi connectivity index (χ0v) is 13.7. The smallest absolute Gasteiger partial charge is 0.307 e. The van der Waals surface area contributed by atoms with Crippen LogP contribution in [0.1, 0.15) is 51.1 Å². The van der Waals surface area contributed by atoms with Crippen LogP contribution in [0.25, 0.3) is 0 Å². The van der Waals surface area contributed by atoms with Gasteiger partial charge in [0, 0.05) is 18.9 Å². The van der Waals surface area contributed by atoms with E-state index < -0.39 is 23.2 Å². The second-order valence-electron chi connectivity index (χ2n) is 7.29. The highest BCUT2D eigenvalue weighted by Gasteiger charge is 2.66. The van der Waals surface area contributed by atoms with Crippen LogP contribution in [0.3, 0.4) is 0 Å². The van der Waals surface area contributed by atoms with Crippen molar-refractivity contribution in [1.82, 2.24) is 9.88 Å². The standard InChI is InChI=1S/C18H24N2O3/c1-18(2)14(15(18)17(22)23)16(21)20-11-5-3-4-6-13(20)12-7-9-19-10-8-12/h7-10,13-15H,3-6,11H2,1-2H3,(H,22,23)/t13?,14-,15+/m1/s1. The van der Waals surface area contributed by atoms with E-state index in [0.29, 0.717) is 6.54 Å². The lowest BCUT2D eigenvalue weighted by Gasteiger charge is -2.31. The number of aliphatic carboxylic acids is 1. The van der Waals surface area contributed by atoms with Crippen molar-refractivity contribution in [2.75, 3.05) is 6.54 Å². The number of carboxylic acid groups (broad SMARTS) is 1. The first-order valence-electron chi connectivity index (χ1n) is 8.38. The summed E-state index contributed by atoms with van der Waals surface area (Å²) in [7, 11) is 0. The molecule has 1 aliphatic carbocycles. The molecule has 0 spiro atoms. The molecule has 1 saturated heterocycles. The van der Waals surface area contributed by atoms with Crippen LogP contribution in [0.4, 0.5) is 0 Å². The predicted molar refractivity (Wildman–Crippen MR) is 85.6 cm³/mol. The SMILES string of the molecule is CC1(C)[C@H](C(=O)O)[C@@H]1C(=O)N1CCCCCC1c1ccncc1. The van der Waals surface area contributed by atoms with E-state index in [0.717, 1.165) is 31.2 Å². The van der Waals surface area contributed by atoms with Crippen LogP contribution in [0.2, 0.25) is 0 Å². The molecule has 1 aliphatic heterocycles. The van der Waals surface area contributed by atoms with Crippen molar-refractivity contribution in [3.8, 4) is 0 Å². The van der Waals surface area contributed by atoms with E-state index in [4.69, 9.17) is 0 Å². The van der Waals surface area contributed by atoms with Crippen molar-refractivity contribution in [2.45, 2.75) is 45.6 Å². The van der Waals surface area contributed by atoms with E-state index >= 15 is 0 Å². The third-order valence-corrected chi connectivity index (χ3v) is 5.49. The van der Waals surface area contributed by atoms with Crippen molar-refractivity contribution in [3.63, 3.8) is 0 Å². The lowest BCUT2D eigenvalue weighted by molar-refractivity contribution is -0.142. The summed E-state index contributed by atoms with van der Waals surface area (Å²) in [5, 5.41) is 9.37. The molecule has 5 heteroatoms. The van der Waals surface area contributed by atoms with Gasteiger partial charge in [0.05, 0.1) is 17.9 Å². The molecule has 124 valence electrons. The molecule has 1 amide bonds. The van der Waals surface area contributed by atoms with Gasteiger partial charge in [0.15, 0.2) is 0 Å². The van der Waals surface area contributed by atoms with Gasteiger partial charge in [-0.1, -0.05) is 26.7 Å². The van der Waals surface area contributed by atoms with Crippen LogP contribution in [0.15, 0.2) is 24.5 Å². The second-order valence-corrected chi connectivity index (χ2v) is 7.29. The number of hydrogen-bond donors (Lipinski definition) is 1. The predicted octanol–water partition coefficient (Wildman–Crippen LogP) is 2.88. The van der Waals surface area contributed by atoms with Gasteiger partial charge in [0.1, 0.15) is 0 Å². The molecule has 23 heavy (non-hydrogen) atoms. The van der Waals surface area contributed by atoms with Crippen molar-refractivity contribution >= 4 is 11.9 Å². The van der Waals surface area contributed by atoms with Gasteiger partial charge in [-0.2, -0.15) is 0 Å². The number of carbonyl (C=O) groups is 2. The quantitative estimate of drug-likeness (QED) is 0.931. The highest BCUT2D eigenvalue weighted by Crippen LogP contribution is 2.59. The fourth-order valence-electron chi connectivity index (χ4n) is 4.04. The summed E-state index contributed by atoms with van der Waals surface area (Å²) in [5.74, 6) is -1.81. The largest absolute Gasteiger partial charge is 0.481 e. The van der Waals surface area contributed by atoms with Gasteiger partial charge in [-0.05, 0) is 36.0 Å². The van der Waals surface area contributed by atoms with E-state index in [-0.39, 0.29) is 11.9 Å². The molecule has 0 bridgehead atoms. The van der Waals surface area contributed by atoms with Crippen molar-refractivity contribution in [3.05, 3.63) is 30.1 Å². The van der Waals surface area contributed by atoms with Gasteiger partial charge < -0.3 is 10.0 Å². The molecule has 1 N–H and O–H groups in total. The van der Waals surface area contributed by atoms with Gasteiger partial charge in [0.25, 0.3) is 0 Å². The Hall–Kier alpha value is -1.91. The second kappa shape index (κ2) is 5.95. The monoisotopic (exact) mass is 316 g/mol. The summed E-state index contributed by atoms with van der Waals surface area (Å²) in [6.07, 6.45) is 7.63. The summed E-state index contributed by atoms with van der Waals surface area (Å²) in [4.78, 5) is 30.5.